The smallest absolute Gasteiger partial charge is 0.136 e. The molecule has 1 aliphatic heterocycles. The summed E-state index contributed by atoms with van der Waals surface area (Å²) >= 11 is 1.60. The second-order valence-corrected chi connectivity index (χ2v) is 6.32. The van der Waals surface area contributed by atoms with Crippen molar-refractivity contribution in [1.82, 2.24) is 4.90 Å². The molecule has 2 unspecified atom stereocenters. The molecule has 1 aromatic rings. The SMILES string of the molecule is CC1CCCC(CN)N1CCSc1ccccc1F. The number of piperidine rings is 1. The number of nitrogens with two attached hydrogens (primary N) is 1. The fraction of sp³-hybridized carbons (Fsp3) is 0.600. The number of likely N-dealkylation sites (tertiary alicyclic amines) is 1. The molecule has 2 atom stereocenters. The maximum atomic E-state index is 13.5. The van der Waals surface area contributed by atoms with Gasteiger partial charge in [0.2, 0.25) is 0 Å². The first-order valence-corrected chi connectivity index (χ1v) is 8.04. The van der Waals surface area contributed by atoms with Gasteiger partial charge in [-0.3, -0.25) is 4.90 Å². The topological polar surface area (TPSA) is 29.3 Å². The van der Waals surface area contributed by atoms with Gasteiger partial charge in [0.25, 0.3) is 0 Å². The molecule has 1 fully saturated rings. The Labute approximate surface area is 119 Å². The third kappa shape index (κ3) is 3.94. The van der Waals surface area contributed by atoms with Gasteiger partial charge in [0.15, 0.2) is 0 Å². The van der Waals surface area contributed by atoms with E-state index in [4.69, 9.17) is 5.73 Å². The van der Waals surface area contributed by atoms with Crippen LogP contribution in [0.5, 0.6) is 0 Å². The van der Waals surface area contributed by atoms with Crippen molar-refractivity contribution in [2.75, 3.05) is 18.8 Å². The van der Waals surface area contributed by atoms with Crippen LogP contribution in [0.25, 0.3) is 0 Å². The van der Waals surface area contributed by atoms with Crippen molar-refractivity contribution >= 4 is 11.8 Å². The average molecular weight is 282 g/mol. The molecule has 2 nitrogen and oxygen atoms in total. The summed E-state index contributed by atoms with van der Waals surface area (Å²) in [7, 11) is 0. The molecule has 106 valence electrons. The van der Waals surface area contributed by atoms with E-state index in [1.54, 1.807) is 17.8 Å². The van der Waals surface area contributed by atoms with E-state index < -0.39 is 0 Å². The van der Waals surface area contributed by atoms with Crippen LogP contribution in [0, 0.1) is 5.82 Å². The molecule has 4 heteroatoms. The fourth-order valence-corrected chi connectivity index (χ4v) is 3.72. The molecule has 1 aromatic carbocycles. The molecule has 0 saturated carbocycles. The molecular weight excluding hydrogens is 259 g/mol. The minimum absolute atomic E-state index is 0.116. The third-order valence-electron chi connectivity index (χ3n) is 3.91. The van der Waals surface area contributed by atoms with E-state index in [9.17, 15) is 4.39 Å². The largest absolute Gasteiger partial charge is 0.329 e. The van der Waals surface area contributed by atoms with Crippen molar-refractivity contribution in [1.29, 1.82) is 0 Å². The molecule has 2 rings (SSSR count). The van der Waals surface area contributed by atoms with Crippen molar-refractivity contribution in [2.45, 2.75) is 43.2 Å². The van der Waals surface area contributed by atoms with E-state index in [1.165, 1.54) is 25.3 Å². The van der Waals surface area contributed by atoms with Crippen molar-refractivity contribution in [2.24, 2.45) is 5.73 Å². The van der Waals surface area contributed by atoms with Crippen LogP contribution in [0.15, 0.2) is 29.2 Å². The average Bonchev–Trinajstić information content (AvgIpc) is 2.42. The molecule has 19 heavy (non-hydrogen) atoms. The van der Waals surface area contributed by atoms with Crippen LogP contribution < -0.4 is 5.73 Å². The quantitative estimate of drug-likeness (QED) is 0.841. The van der Waals surface area contributed by atoms with E-state index in [2.05, 4.69) is 11.8 Å². The summed E-state index contributed by atoms with van der Waals surface area (Å²) in [4.78, 5) is 3.24. The maximum absolute atomic E-state index is 13.5. The first-order chi connectivity index (χ1) is 9.22. The van der Waals surface area contributed by atoms with Gasteiger partial charge in [-0.1, -0.05) is 18.6 Å². The van der Waals surface area contributed by atoms with Crippen LogP contribution in [0.1, 0.15) is 26.2 Å². The lowest BCUT2D eigenvalue weighted by Gasteiger charge is -2.40. The van der Waals surface area contributed by atoms with Gasteiger partial charge in [-0.05, 0) is 31.9 Å². The second kappa shape index (κ2) is 7.27. The van der Waals surface area contributed by atoms with Crippen molar-refractivity contribution in [3.05, 3.63) is 30.1 Å². The van der Waals surface area contributed by atoms with E-state index in [0.29, 0.717) is 12.1 Å². The Balaban J connectivity index is 1.85. The molecular formula is C15H23FN2S. The van der Waals surface area contributed by atoms with Gasteiger partial charge < -0.3 is 5.73 Å². The van der Waals surface area contributed by atoms with E-state index in [0.717, 1.165) is 23.7 Å². The van der Waals surface area contributed by atoms with Crippen LogP contribution in [0.2, 0.25) is 0 Å². The number of benzene rings is 1. The van der Waals surface area contributed by atoms with Crippen LogP contribution in [0.4, 0.5) is 4.39 Å². The Morgan fingerprint density at radius 3 is 2.89 bits per heavy atom. The Morgan fingerprint density at radius 2 is 2.16 bits per heavy atom. The number of nitrogens with zero attached hydrogens (tertiary/aromatic N) is 1. The molecule has 1 saturated heterocycles. The zero-order valence-corrected chi connectivity index (χ0v) is 12.3. The van der Waals surface area contributed by atoms with Gasteiger partial charge in [0.05, 0.1) is 0 Å². The van der Waals surface area contributed by atoms with Gasteiger partial charge >= 0.3 is 0 Å². The Hall–Kier alpha value is -0.580. The summed E-state index contributed by atoms with van der Waals surface area (Å²) in [5, 5.41) is 0. The van der Waals surface area contributed by atoms with Gasteiger partial charge in [0.1, 0.15) is 5.82 Å². The highest BCUT2D eigenvalue weighted by Crippen LogP contribution is 2.25. The van der Waals surface area contributed by atoms with Crippen LogP contribution in [-0.4, -0.2) is 35.8 Å². The van der Waals surface area contributed by atoms with Gasteiger partial charge in [-0.15, -0.1) is 11.8 Å². The summed E-state index contributed by atoms with van der Waals surface area (Å²) in [6, 6.07) is 8.09. The lowest BCUT2D eigenvalue weighted by atomic mass is 9.97. The predicted molar refractivity (Wildman–Crippen MR) is 80.0 cm³/mol. The monoisotopic (exact) mass is 282 g/mol. The highest BCUT2D eigenvalue weighted by atomic mass is 32.2. The Kier molecular flexibility index (Phi) is 5.67. The third-order valence-corrected chi connectivity index (χ3v) is 4.94. The van der Waals surface area contributed by atoms with Crippen LogP contribution in [-0.2, 0) is 0 Å². The van der Waals surface area contributed by atoms with Gasteiger partial charge in [-0.25, -0.2) is 4.39 Å². The zero-order chi connectivity index (χ0) is 13.7. The van der Waals surface area contributed by atoms with Crippen molar-refractivity contribution < 1.29 is 4.39 Å². The molecule has 2 N–H and O–H groups in total. The first-order valence-electron chi connectivity index (χ1n) is 7.05. The molecule has 0 radical (unpaired) electrons. The summed E-state index contributed by atoms with van der Waals surface area (Å²) < 4.78 is 13.5. The van der Waals surface area contributed by atoms with E-state index in [-0.39, 0.29) is 5.82 Å². The van der Waals surface area contributed by atoms with Crippen molar-refractivity contribution in [3.8, 4) is 0 Å². The van der Waals surface area contributed by atoms with Gasteiger partial charge in [-0.2, -0.15) is 0 Å². The van der Waals surface area contributed by atoms with E-state index in [1.807, 2.05) is 12.1 Å². The molecule has 0 aliphatic carbocycles. The lowest BCUT2D eigenvalue weighted by molar-refractivity contribution is 0.106. The molecule has 1 heterocycles. The summed E-state index contributed by atoms with van der Waals surface area (Å²) in [5.41, 5.74) is 5.85. The number of hydrogen-bond donors (Lipinski definition) is 1. The van der Waals surface area contributed by atoms with E-state index >= 15 is 0 Å². The zero-order valence-electron chi connectivity index (χ0n) is 11.5. The van der Waals surface area contributed by atoms with Crippen LogP contribution >= 0.6 is 11.8 Å². The molecule has 0 spiro atoms. The molecule has 0 amide bonds. The summed E-state index contributed by atoms with van der Waals surface area (Å²) in [5.74, 6) is 0.802. The summed E-state index contributed by atoms with van der Waals surface area (Å²) in [6.07, 6.45) is 3.73. The van der Waals surface area contributed by atoms with Crippen LogP contribution in [0.3, 0.4) is 0 Å². The minimum Gasteiger partial charge on any atom is -0.329 e. The normalized spacial score (nSPS) is 24.6. The highest BCUT2D eigenvalue weighted by Gasteiger charge is 2.26. The molecule has 1 aliphatic rings. The fourth-order valence-electron chi connectivity index (χ4n) is 2.82. The Bertz CT molecular complexity index is 399. The Morgan fingerprint density at radius 1 is 1.37 bits per heavy atom. The number of hydrogen-bond acceptors (Lipinski definition) is 3. The molecule has 0 aromatic heterocycles. The number of rotatable bonds is 5. The number of thioether (sulfide) groups is 1. The predicted octanol–water partition coefficient (Wildman–Crippen LogP) is 3.12. The highest BCUT2D eigenvalue weighted by molar-refractivity contribution is 7.99. The summed E-state index contributed by atoms with van der Waals surface area (Å²) in [6.45, 7) is 3.99. The number of halogens is 1. The first kappa shape index (κ1) is 14.8. The standard InChI is InChI=1S/C15H23FN2S/c1-12-5-4-6-13(11-17)18(12)9-10-19-15-8-3-2-7-14(15)16/h2-3,7-8,12-13H,4-6,9-11,17H2,1H3. The second-order valence-electron chi connectivity index (χ2n) is 5.19. The molecule has 0 bridgehead atoms. The van der Waals surface area contributed by atoms with Crippen molar-refractivity contribution in [3.63, 3.8) is 0 Å². The maximum Gasteiger partial charge on any atom is 0.136 e. The lowest BCUT2D eigenvalue weighted by Crippen LogP contribution is -2.49. The van der Waals surface area contributed by atoms with Gasteiger partial charge in [0, 0.05) is 35.8 Å². The minimum atomic E-state index is -0.116.